The van der Waals surface area contributed by atoms with Crippen molar-refractivity contribution in [2.75, 3.05) is 6.54 Å². The summed E-state index contributed by atoms with van der Waals surface area (Å²) in [5.41, 5.74) is 6.80. The highest BCUT2D eigenvalue weighted by Crippen LogP contribution is 2.27. The van der Waals surface area contributed by atoms with Crippen molar-refractivity contribution in [2.45, 2.75) is 13.3 Å². The molecule has 0 spiro atoms. The topological polar surface area (TPSA) is 108 Å². The summed E-state index contributed by atoms with van der Waals surface area (Å²) in [6, 6.07) is 16.0. The van der Waals surface area contributed by atoms with E-state index in [1.807, 2.05) is 30.3 Å². The van der Waals surface area contributed by atoms with E-state index < -0.39 is 23.6 Å². The fourth-order valence-corrected chi connectivity index (χ4v) is 4.18. The van der Waals surface area contributed by atoms with Gasteiger partial charge in [-0.25, -0.2) is 4.98 Å². The van der Waals surface area contributed by atoms with Crippen molar-refractivity contribution >= 4 is 35.0 Å². The maximum absolute atomic E-state index is 12.5. The molecule has 0 fully saturated rings. The predicted molar refractivity (Wildman–Crippen MR) is 114 cm³/mol. The molecule has 3 aromatic rings. The number of benzene rings is 2. The molecule has 0 saturated heterocycles. The van der Waals surface area contributed by atoms with Gasteiger partial charge in [0, 0.05) is 18.5 Å². The van der Waals surface area contributed by atoms with Gasteiger partial charge in [-0.05, 0) is 19.1 Å². The monoisotopic (exact) mass is 434 g/mol. The Bertz CT molecular complexity index is 1150. The van der Waals surface area contributed by atoms with E-state index in [1.54, 1.807) is 31.2 Å². The van der Waals surface area contributed by atoms with Crippen LogP contribution in [0.5, 0.6) is 0 Å². The Morgan fingerprint density at radius 2 is 1.55 bits per heavy atom. The molecule has 31 heavy (non-hydrogen) atoms. The number of aryl methyl sites for hydroxylation is 1. The minimum Gasteiger partial charge on any atom is -0.274 e. The van der Waals surface area contributed by atoms with Gasteiger partial charge in [0.1, 0.15) is 9.88 Å². The first-order chi connectivity index (χ1) is 15.0. The van der Waals surface area contributed by atoms with Crippen LogP contribution in [0.2, 0.25) is 0 Å². The highest BCUT2D eigenvalue weighted by atomic mass is 32.1. The van der Waals surface area contributed by atoms with E-state index in [0.29, 0.717) is 26.7 Å². The molecule has 0 atom stereocenters. The Morgan fingerprint density at radius 3 is 2.19 bits per heavy atom. The Hall–Kier alpha value is -3.85. The zero-order valence-electron chi connectivity index (χ0n) is 16.5. The lowest BCUT2D eigenvalue weighted by Crippen LogP contribution is -2.43. The molecule has 1 aliphatic heterocycles. The summed E-state index contributed by atoms with van der Waals surface area (Å²) < 4.78 is 0. The number of rotatable bonds is 5. The third kappa shape index (κ3) is 4.08. The number of carbonyl (C=O) groups excluding carboxylic acids is 4. The van der Waals surface area contributed by atoms with Gasteiger partial charge in [0.2, 0.25) is 5.91 Å². The molecule has 0 bridgehead atoms. The normalized spacial score (nSPS) is 12.6. The Morgan fingerprint density at radius 1 is 0.935 bits per heavy atom. The Labute approximate surface area is 181 Å². The number of aromatic nitrogens is 1. The first-order valence-electron chi connectivity index (χ1n) is 9.53. The van der Waals surface area contributed by atoms with Crippen molar-refractivity contribution in [3.05, 3.63) is 76.3 Å². The summed E-state index contributed by atoms with van der Waals surface area (Å²) in [7, 11) is 0. The number of nitrogens with one attached hydrogen (secondary N) is 2. The Kier molecular flexibility index (Phi) is 5.59. The van der Waals surface area contributed by atoms with Crippen LogP contribution < -0.4 is 10.9 Å². The third-order valence-corrected chi connectivity index (χ3v) is 5.98. The zero-order valence-corrected chi connectivity index (χ0v) is 17.4. The summed E-state index contributed by atoms with van der Waals surface area (Å²) in [5, 5.41) is 0.709. The second kappa shape index (κ2) is 8.49. The molecular weight excluding hydrogens is 416 g/mol. The van der Waals surface area contributed by atoms with Gasteiger partial charge in [-0.2, -0.15) is 0 Å². The van der Waals surface area contributed by atoms with E-state index in [9.17, 15) is 19.2 Å². The Balaban J connectivity index is 1.32. The summed E-state index contributed by atoms with van der Waals surface area (Å²) in [6.45, 7) is 1.65. The smallest absolute Gasteiger partial charge is 0.274 e. The summed E-state index contributed by atoms with van der Waals surface area (Å²) in [6.07, 6.45) is -0.136. The van der Waals surface area contributed by atoms with Crippen LogP contribution in [0.3, 0.4) is 0 Å². The molecule has 0 radical (unpaired) electrons. The average molecular weight is 434 g/mol. The number of carbonyl (C=O) groups is 4. The van der Waals surface area contributed by atoms with Crippen LogP contribution >= 0.6 is 11.3 Å². The quantitative estimate of drug-likeness (QED) is 0.474. The highest BCUT2D eigenvalue weighted by molar-refractivity contribution is 7.17. The maximum atomic E-state index is 12.5. The summed E-state index contributed by atoms with van der Waals surface area (Å²) >= 11 is 1.23. The molecule has 8 nitrogen and oxygen atoms in total. The molecule has 9 heteroatoms. The van der Waals surface area contributed by atoms with E-state index in [-0.39, 0.29) is 13.0 Å². The van der Waals surface area contributed by atoms with Gasteiger partial charge in [-0.15, -0.1) is 11.3 Å². The van der Waals surface area contributed by atoms with Gasteiger partial charge in [0.05, 0.1) is 16.8 Å². The van der Waals surface area contributed by atoms with Crippen molar-refractivity contribution in [1.82, 2.24) is 20.7 Å². The van der Waals surface area contributed by atoms with E-state index in [2.05, 4.69) is 15.8 Å². The van der Waals surface area contributed by atoms with Crippen molar-refractivity contribution in [1.29, 1.82) is 0 Å². The number of nitrogens with zero attached hydrogens (tertiary/aromatic N) is 2. The minimum atomic E-state index is -0.518. The largest absolute Gasteiger partial charge is 0.281 e. The van der Waals surface area contributed by atoms with Crippen molar-refractivity contribution in [2.24, 2.45) is 0 Å². The molecule has 156 valence electrons. The molecule has 2 N–H and O–H groups in total. The molecule has 2 aromatic carbocycles. The number of imide groups is 1. The standard InChI is InChI=1S/C22H18N4O4S/c1-13-18(31-20(23-13)14-7-3-2-4-8-14)19(28)25-24-17(27)11-12-26-21(29)15-9-5-6-10-16(15)22(26)30/h2-10H,11-12H2,1H3,(H,24,27)(H,25,28). The van der Waals surface area contributed by atoms with Gasteiger partial charge < -0.3 is 0 Å². The van der Waals surface area contributed by atoms with E-state index in [1.165, 1.54) is 11.3 Å². The second-order valence-electron chi connectivity index (χ2n) is 6.86. The lowest BCUT2D eigenvalue weighted by atomic mass is 10.1. The van der Waals surface area contributed by atoms with E-state index >= 15 is 0 Å². The fraction of sp³-hybridized carbons (Fsp3) is 0.136. The van der Waals surface area contributed by atoms with Gasteiger partial charge in [-0.1, -0.05) is 42.5 Å². The van der Waals surface area contributed by atoms with Crippen LogP contribution in [0.25, 0.3) is 10.6 Å². The second-order valence-corrected chi connectivity index (χ2v) is 7.86. The van der Waals surface area contributed by atoms with Gasteiger partial charge >= 0.3 is 0 Å². The SMILES string of the molecule is Cc1nc(-c2ccccc2)sc1C(=O)NNC(=O)CCN1C(=O)c2ccccc2C1=O. The average Bonchev–Trinajstić information content (AvgIpc) is 3.29. The molecule has 0 unspecified atom stereocenters. The number of hydrogen-bond acceptors (Lipinski definition) is 6. The van der Waals surface area contributed by atoms with Gasteiger partial charge in [0.15, 0.2) is 0 Å². The van der Waals surface area contributed by atoms with Gasteiger partial charge in [0.25, 0.3) is 17.7 Å². The number of hydrazine groups is 1. The van der Waals surface area contributed by atoms with Crippen LogP contribution in [0, 0.1) is 6.92 Å². The molecular formula is C22H18N4O4S. The maximum Gasteiger partial charge on any atom is 0.281 e. The van der Waals surface area contributed by atoms with Crippen LogP contribution in [0.15, 0.2) is 54.6 Å². The molecule has 1 aliphatic rings. The first kappa shape index (κ1) is 20.4. The number of amides is 4. The van der Waals surface area contributed by atoms with Crippen LogP contribution in [0.4, 0.5) is 0 Å². The molecule has 0 aliphatic carbocycles. The van der Waals surface area contributed by atoms with Crippen molar-refractivity contribution in [3.63, 3.8) is 0 Å². The van der Waals surface area contributed by atoms with E-state index in [4.69, 9.17) is 0 Å². The first-order valence-corrected chi connectivity index (χ1v) is 10.3. The van der Waals surface area contributed by atoms with Crippen LogP contribution in [-0.4, -0.2) is 40.1 Å². The molecule has 0 saturated carbocycles. The van der Waals surface area contributed by atoms with Gasteiger partial charge in [-0.3, -0.25) is 34.9 Å². The van der Waals surface area contributed by atoms with Crippen molar-refractivity contribution < 1.29 is 19.2 Å². The van der Waals surface area contributed by atoms with Crippen molar-refractivity contribution in [3.8, 4) is 10.6 Å². The van der Waals surface area contributed by atoms with E-state index in [0.717, 1.165) is 10.5 Å². The van der Waals surface area contributed by atoms with Crippen LogP contribution in [0.1, 0.15) is 42.5 Å². The lowest BCUT2D eigenvalue weighted by molar-refractivity contribution is -0.121. The summed E-state index contributed by atoms with van der Waals surface area (Å²) in [4.78, 5) is 55.1. The highest BCUT2D eigenvalue weighted by Gasteiger charge is 2.35. The molecule has 1 aromatic heterocycles. The third-order valence-electron chi connectivity index (χ3n) is 4.78. The number of thiazole rings is 1. The minimum absolute atomic E-state index is 0.0776. The fourth-order valence-electron chi connectivity index (χ4n) is 3.21. The summed E-state index contributed by atoms with van der Waals surface area (Å²) in [5.74, 6) is -1.85. The molecule has 4 rings (SSSR count). The molecule has 4 amide bonds. The molecule has 2 heterocycles. The number of hydrogen-bond donors (Lipinski definition) is 2. The van der Waals surface area contributed by atoms with Crippen LogP contribution in [-0.2, 0) is 4.79 Å². The lowest BCUT2D eigenvalue weighted by Gasteiger charge is -2.13. The predicted octanol–water partition coefficient (Wildman–Crippen LogP) is 2.57. The number of fused-ring (bicyclic) bond motifs is 1. The zero-order chi connectivity index (χ0) is 22.0.